The number of nitrogens with one attached hydrogen (secondary N) is 1. The number of carbonyl (C=O) groups is 1. The van der Waals surface area contributed by atoms with E-state index in [2.05, 4.69) is 10.2 Å². The molecule has 0 radical (unpaired) electrons. The fraction of sp³-hybridized carbons (Fsp3) is 0.650. The summed E-state index contributed by atoms with van der Waals surface area (Å²) in [6, 6.07) is 4.06. The van der Waals surface area contributed by atoms with Crippen LogP contribution >= 0.6 is 11.6 Å². The minimum absolute atomic E-state index is 0.0162. The van der Waals surface area contributed by atoms with Crippen LogP contribution in [0, 0.1) is 5.92 Å². The van der Waals surface area contributed by atoms with E-state index < -0.39 is 0 Å². The van der Waals surface area contributed by atoms with Crippen LogP contribution in [0.4, 0.5) is 0 Å². The van der Waals surface area contributed by atoms with E-state index in [4.69, 9.17) is 16.3 Å². The minimum atomic E-state index is -0.0162. The van der Waals surface area contributed by atoms with Crippen LogP contribution in [-0.2, 0) is 0 Å². The molecule has 6 rings (SSSR count). The van der Waals surface area contributed by atoms with Gasteiger partial charge in [-0.25, -0.2) is 0 Å². The van der Waals surface area contributed by atoms with Gasteiger partial charge < -0.3 is 15.0 Å². The summed E-state index contributed by atoms with van der Waals surface area (Å²) in [5.41, 5.74) is 1.78. The van der Waals surface area contributed by atoms with Crippen LogP contribution in [0.15, 0.2) is 12.1 Å². The maximum absolute atomic E-state index is 13.1. The molecule has 0 spiro atoms. The molecular formula is C20H25ClN2O2. The summed E-state index contributed by atoms with van der Waals surface area (Å²) in [6.07, 6.45) is 7.18. The van der Waals surface area contributed by atoms with Crippen LogP contribution in [0.1, 0.15) is 60.4 Å². The molecular weight excluding hydrogens is 336 g/mol. The normalized spacial score (nSPS) is 35.6. The number of hydrogen-bond acceptors (Lipinski definition) is 3. The largest absolute Gasteiger partial charge is 0.489 e. The van der Waals surface area contributed by atoms with E-state index in [1.54, 1.807) is 6.07 Å². The van der Waals surface area contributed by atoms with Crippen LogP contribution in [0.2, 0.25) is 5.02 Å². The van der Waals surface area contributed by atoms with E-state index in [1.807, 2.05) is 6.07 Å². The van der Waals surface area contributed by atoms with Gasteiger partial charge in [-0.3, -0.25) is 4.79 Å². The lowest BCUT2D eigenvalue weighted by molar-refractivity contribution is 0.0612. The van der Waals surface area contributed by atoms with Crippen molar-refractivity contribution in [3.8, 4) is 5.75 Å². The second-order valence-corrected chi connectivity index (χ2v) is 8.63. The Morgan fingerprint density at radius 3 is 2.80 bits per heavy atom. The van der Waals surface area contributed by atoms with Crippen LogP contribution in [-0.4, -0.2) is 42.6 Å². The Morgan fingerprint density at radius 1 is 1.20 bits per heavy atom. The van der Waals surface area contributed by atoms with E-state index in [1.165, 1.54) is 38.8 Å². The lowest BCUT2D eigenvalue weighted by Crippen LogP contribution is -2.57. The Bertz CT molecular complexity index is 699. The molecule has 4 nitrogen and oxygen atoms in total. The summed E-state index contributed by atoms with van der Waals surface area (Å²) in [5, 5.41) is 3.93. The smallest absolute Gasteiger partial charge is 0.255 e. The van der Waals surface area contributed by atoms with Crippen molar-refractivity contribution in [3.05, 3.63) is 28.3 Å². The maximum Gasteiger partial charge on any atom is 0.255 e. The number of halogens is 1. The van der Waals surface area contributed by atoms with Gasteiger partial charge in [-0.1, -0.05) is 11.6 Å². The summed E-state index contributed by atoms with van der Waals surface area (Å²) in [6.45, 7) is 3.33. The Balaban J connectivity index is 1.43. The fourth-order valence-corrected chi connectivity index (χ4v) is 5.52. The molecule has 4 bridgehead atoms. The van der Waals surface area contributed by atoms with Crippen LogP contribution < -0.4 is 10.1 Å². The van der Waals surface area contributed by atoms with Crippen molar-refractivity contribution in [2.75, 3.05) is 19.6 Å². The standard InChI is InChI=1S/C20H25ClN2O2/c21-14-9-16-13-2-1-3-15(8-13)25-19(16)17(10-14)20(24)22-18-11-23-6-4-12(18)5-7-23/h9-10,12-13,15,18H,1-8,11H2,(H,22,24)/t13-,15+,18+/m1/s1. The molecule has 3 atom stereocenters. The first-order valence-electron chi connectivity index (χ1n) is 9.70. The second-order valence-electron chi connectivity index (χ2n) is 8.19. The summed E-state index contributed by atoms with van der Waals surface area (Å²) >= 11 is 6.36. The number of hydrogen-bond donors (Lipinski definition) is 1. The highest BCUT2D eigenvalue weighted by Crippen LogP contribution is 2.46. The van der Waals surface area contributed by atoms with E-state index in [9.17, 15) is 4.79 Å². The average molecular weight is 361 g/mol. The Hall–Kier alpha value is -1.26. The molecule has 4 aliphatic heterocycles. The summed E-state index contributed by atoms with van der Waals surface area (Å²) < 4.78 is 6.23. The van der Waals surface area contributed by atoms with Crippen molar-refractivity contribution in [1.29, 1.82) is 0 Å². The molecule has 1 N–H and O–H groups in total. The number of nitrogens with zero attached hydrogens (tertiary/aromatic N) is 1. The zero-order valence-electron chi connectivity index (χ0n) is 14.5. The van der Waals surface area contributed by atoms with Gasteiger partial charge in [0.15, 0.2) is 0 Å². The Labute approximate surface area is 153 Å². The van der Waals surface area contributed by atoms with Gasteiger partial charge in [0.25, 0.3) is 5.91 Å². The van der Waals surface area contributed by atoms with Crippen molar-refractivity contribution >= 4 is 17.5 Å². The minimum Gasteiger partial charge on any atom is -0.489 e. The quantitative estimate of drug-likeness (QED) is 0.876. The van der Waals surface area contributed by atoms with Gasteiger partial charge in [0.1, 0.15) is 5.75 Å². The Morgan fingerprint density at radius 2 is 2.04 bits per heavy atom. The molecule has 1 saturated carbocycles. The first-order valence-corrected chi connectivity index (χ1v) is 10.1. The van der Waals surface area contributed by atoms with Crippen molar-refractivity contribution in [1.82, 2.24) is 10.2 Å². The van der Waals surface area contributed by atoms with E-state index in [-0.39, 0.29) is 18.1 Å². The highest BCUT2D eigenvalue weighted by Gasteiger charge is 2.37. The molecule has 5 aliphatic rings. The number of benzene rings is 1. The molecule has 25 heavy (non-hydrogen) atoms. The fourth-order valence-electron chi connectivity index (χ4n) is 5.29. The average Bonchev–Trinajstić information content (AvgIpc) is 2.63. The molecule has 0 unspecified atom stereocenters. The predicted octanol–water partition coefficient (Wildman–Crippen LogP) is 3.58. The Kier molecular flexibility index (Phi) is 3.94. The molecule has 4 fully saturated rings. The molecule has 134 valence electrons. The first kappa shape index (κ1) is 16.0. The molecule has 1 aromatic rings. The number of amides is 1. The lowest BCUT2D eigenvalue weighted by Gasteiger charge is -2.45. The summed E-state index contributed by atoms with van der Waals surface area (Å²) in [5.74, 6) is 1.88. The van der Waals surface area contributed by atoms with Crippen molar-refractivity contribution < 1.29 is 9.53 Å². The third kappa shape index (κ3) is 2.83. The predicted molar refractivity (Wildman–Crippen MR) is 97.5 cm³/mol. The van der Waals surface area contributed by atoms with Crippen molar-refractivity contribution in [2.24, 2.45) is 5.92 Å². The summed E-state index contributed by atoms with van der Waals surface area (Å²) in [7, 11) is 0. The topological polar surface area (TPSA) is 41.6 Å². The zero-order chi connectivity index (χ0) is 17.0. The zero-order valence-corrected chi connectivity index (χ0v) is 15.2. The lowest BCUT2D eigenvalue weighted by atomic mass is 9.79. The molecule has 4 heterocycles. The van der Waals surface area contributed by atoms with E-state index in [0.29, 0.717) is 22.4 Å². The summed E-state index contributed by atoms with van der Waals surface area (Å²) in [4.78, 5) is 15.5. The molecule has 5 heteroatoms. The number of rotatable bonds is 2. The van der Waals surface area contributed by atoms with E-state index in [0.717, 1.165) is 30.7 Å². The van der Waals surface area contributed by atoms with Crippen molar-refractivity contribution in [2.45, 2.75) is 56.6 Å². The molecule has 1 aromatic carbocycles. The second kappa shape index (κ2) is 6.17. The van der Waals surface area contributed by atoms with Gasteiger partial charge in [-0.2, -0.15) is 0 Å². The van der Waals surface area contributed by atoms with Gasteiger partial charge in [0.05, 0.1) is 11.7 Å². The third-order valence-electron chi connectivity index (χ3n) is 6.65. The number of piperidine rings is 3. The molecule has 1 aliphatic carbocycles. The van der Waals surface area contributed by atoms with Gasteiger partial charge in [-0.05, 0) is 81.1 Å². The molecule has 3 saturated heterocycles. The van der Waals surface area contributed by atoms with Gasteiger partial charge in [0, 0.05) is 17.6 Å². The highest BCUT2D eigenvalue weighted by molar-refractivity contribution is 6.31. The van der Waals surface area contributed by atoms with Crippen molar-refractivity contribution in [3.63, 3.8) is 0 Å². The first-order chi connectivity index (χ1) is 12.2. The maximum atomic E-state index is 13.1. The van der Waals surface area contributed by atoms with E-state index >= 15 is 0 Å². The van der Waals surface area contributed by atoms with Gasteiger partial charge in [0.2, 0.25) is 0 Å². The highest BCUT2D eigenvalue weighted by atomic mass is 35.5. The van der Waals surface area contributed by atoms with Gasteiger partial charge >= 0.3 is 0 Å². The van der Waals surface area contributed by atoms with Crippen LogP contribution in [0.3, 0.4) is 0 Å². The van der Waals surface area contributed by atoms with Crippen LogP contribution in [0.5, 0.6) is 5.75 Å². The third-order valence-corrected chi connectivity index (χ3v) is 6.87. The molecule has 0 aromatic heterocycles. The van der Waals surface area contributed by atoms with Crippen LogP contribution in [0.25, 0.3) is 0 Å². The monoisotopic (exact) mass is 360 g/mol. The number of carbonyl (C=O) groups excluding carboxylic acids is 1. The SMILES string of the molecule is O=C(N[C@H]1CN2CCC1CC2)c1cc(Cl)cc2c1O[C@H]1CCC[C@@H]2C1. The molecule has 1 amide bonds. The number of fused-ring (bicyclic) bond motifs is 7. The van der Waals surface area contributed by atoms with Gasteiger partial charge in [-0.15, -0.1) is 0 Å². The number of ether oxygens (including phenoxy) is 1.